The molecule has 0 unspecified atom stereocenters. The predicted octanol–water partition coefficient (Wildman–Crippen LogP) is 3.84. The van der Waals surface area contributed by atoms with Crippen molar-refractivity contribution in [3.63, 3.8) is 0 Å². The van der Waals surface area contributed by atoms with E-state index in [-0.39, 0.29) is 18.9 Å². The van der Waals surface area contributed by atoms with Crippen LogP contribution in [0.3, 0.4) is 0 Å². The third-order valence-electron chi connectivity index (χ3n) is 4.72. The lowest BCUT2D eigenvalue weighted by Crippen LogP contribution is -2.32. The summed E-state index contributed by atoms with van der Waals surface area (Å²) < 4.78 is 28.2. The maximum atomic E-state index is 13.3. The molecule has 1 N–H and O–H groups in total. The Morgan fingerprint density at radius 3 is 2.62 bits per heavy atom. The van der Waals surface area contributed by atoms with E-state index >= 15 is 0 Å². The summed E-state index contributed by atoms with van der Waals surface area (Å²) >= 11 is 0. The molecule has 2 aliphatic carbocycles. The highest BCUT2D eigenvalue weighted by Gasteiger charge is 2.35. The summed E-state index contributed by atoms with van der Waals surface area (Å²) in [5, 5.41) is 7.84. The van der Waals surface area contributed by atoms with Crippen LogP contribution in [-0.2, 0) is 0 Å². The molecule has 24 heavy (non-hydrogen) atoms. The van der Waals surface area contributed by atoms with Crippen molar-refractivity contribution in [3.8, 4) is 5.95 Å². The fourth-order valence-corrected chi connectivity index (χ4v) is 3.17. The Bertz CT molecular complexity index is 728. The summed E-state index contributed by atoms with van der Waals surface area (Å²) in [4.78, 5) is 8.96. The van der Waals surface area contributed by atoms with Crippen LogP contribution < -0.4 is 5.32 Å². The third kappa shape index (κ3) is 3.39. The van der Waals surface area contributed by atoms with Crippen molar-refractivity contribution < 1.29 is 8.78 Å². The molecule has 5 nitrogen and oxygen atoms in total. The zero-order chi connectivity index (χ0) is 16.7. The second-order valence-corrected chi connectivity index (χ2v) is 6.93. The topological polar surface area (TPSA) is 55.6 Å². The van der Waals surface area contributed by atoms with E-state index in [1.54, 1.807) is 4.68 Å². The third-order valence-corrected chi connectivity index (χ3v) is 4.72. The number of nitrogens with zero attached hydrogens (tertiary/aromatic N) is 4. The number of hydrogen-bond acceptors (Lipinski definition) is 4. The summed E-state index contributed by atoms with van der Waals surface area (Å²) in [5.41, 5.74) is 1.91. The van der Waals surface area contributed by atoms with Crippen LogP contribution in [0.5, 0.6) is 0 Å². The zero-order valence-corrected chi connectivity index (χ0v) is 13.7. The second kappa shape index (κ2) is 5.79. The molecule has 2 saturated carbocycles. The Morgan fingerprint density at radius 1 is 1.17 bits per heavy atom. The minimum absolute atomic E-state index is 0.0337. The standard InChI is InChI=1S/C17H21F2N5/c1-11-10-15(21-13-4-7-17(18,19)8-5-13)22-16(20-11)24-9-6-14(23-24)12-2-3-12/h6,9-10,12-13H,2-5,7-8H2,1H3,(H,20,21,22). The molecule has 0 atom stereocenters. The van der Waals surface area contributed by atoms with Crippen LogP contribution in [-0.4, -0.2) is 31.7 Å². The van der Waals surface area contributed by atoms with E-state index in [2.05, 4.69) is 20.4 Å². The molecule has 2 fully saturated rings. The van der Waals surface area contributed by atoms with Gasteiger partial charge in [0.15, 0.2) is 0 Å². The number of rotatable bonds is 4. The molecule has 4 rings (SSSR count). The van der Waals surface area contributed by atoms with Gasteiger partial charge in [-0.25, -0.2) is 18.4 Å². The molecule has 0 aliphatic heterocycles. The predicted molar refractivity (Wildman–Crippen MR) is 86.7 cm³/mol. The number of anilines is 1. The second-order valence-electron chi connectivity index (χ2n) is 6.93. The van der Waals surface area contributed by atoms with Crippen LogP contribution in [0.4, 0.5) is 14.6 Å². The molecule has 0 radical (unpaired) electrons. The van der Waals surface area contributed by atoms with Crippen molar-refractivity contribution in [2.24, 2.45) is 0 Å². The van der Waals surface area contributed by atoms with Crippen LogP contribution in [0.1, 0.15) is 55.8 Å². The summed E-state index contributed by atoms with van der Waals surface area (Å²) in [5.74, 6) is -0.738. The maximum Gasteiger partial charge on any atom is 0.252 e. The zero-order valence-electron chi connectivity index (χ0n) is 13.7. The van der Waals surface area contributed by atoms with Gasteiger partial charge in [0.25, 0.3) is 5.95 Å². The molecule has 0 spiro atoms. The van der Waals surface area contributed by atoms with Gasteiger partial charge in [0, 0.05) is 42.8 Å². The molecule has 0 aromatic carbocycles. The Hall–Kier alpha value is -2.05. The Morgan fingerprint density at radius 2 is 1.92 bits per heavy atom. The van der Waals surface area contributed by atoms with E-state index in [4.69, 9.17) is 0 Å². The summed E-state index contributed by atoms with van der Waals surface area (Å²) in [6, 6.07) is 3.90. The highest BCUT2D eigenvalue weighted by Crippen LogP contribution is 2.39. The highest BCUT2D eigenvalue weighted by molar-refractivity contribution is 5.39. The molecule has 7 heteroatoms. The molecular formula is C17H21F2N5. The lowest BCUT2D eigenvalue weighted by molar-refractivity contribution is -0.0361. The monoisotopic (exact) mass is 333 g/mol. The molecule has 2 aliphatic rings. The molecule has 2 aromatic rings. The number of aromatic nitrogens is 4. The van der Waals surface area contributed by atoms with Crippen molar-refractivity contribution in [1.29, 1.82) is 0 Å². The molecule has 0 saturated heterocycles. The van der Waals surface area contributed by atoms with Gasteiger partial charge in [0.2, 0.25) is 5.92 Å². The first-order chi connectivity index (χ1) is 11.5. The van der Waals surface area contributed by atoms with E-state index in [0.717, 1.165) is 11.4 Å². The molecule has 0 amide bonds. The van der Waals surface area contributed by atoms with Crippen LogP contribution in [0.25, 0.3) is 5.95 Å². The lowest BCUT2D eigenvalue weighted by atomic mass is 9.92. The summed E-state index contributed by atoms with van der Waals surface area (Å²) in [6.07, 6.45) is 5.07. The molecule has 128 valence electrons. The minimum atomic E-state index is -2.51. The van der Waals surface area contributed by atoms with E-state index in [9.17, 15) is 8.78 Å². The maximum absolute atomic E-state index is 13.3. The van der Waals surface area contributed by atoms with Crippen LogP contribution in [0.15, 0.2) is 18.3 Å². The fraction of sp³-hybridized carbons (Fsp3) is 0.588. The molecule has 2 aromatic heterocycles. The van der Waals surface area contributed by atoms with Crippen LogP contribution in [0, 0.1) is 6.92 Å². The molecule has 2 heterocycles. The van der Waals surface area contributed by atoms with Crippen LogP contribution in [0.2, 0.25) is 0 Å². The van der Waals surface area contributed by atoms with Crippen molar-refractivity contribution in [3.05, 3.63) is 29.7 Å². The normalized spacial score (nSPS) is 21.0. The van der Waals surface area contributed by atoms with Gasteiger partial charge in [-0.3, -0.25) is 0 Å². The Balaban J connectivity index is 1.50. The van der Waals surface area contributed by atoms with E-state index < -0.39 is 5.92 Å². The van der Waals surface area contributed by atoms with Gasteiger partial charge < -0.3 is 5.32 Å². The Kier molecular flexibility index (Phi) is 3.73. The first-order valence-electron chi connectivity index (χ1n) is 8.54. The smallest absolute Gasteiger partial charge is 0.252 e. The summed E-state index contributed by atoms with van der Waals surface area (Å²) in [6.45, 7) is 1.90. The van der Waals surface area contributed by atoms with Crippen molar-refractivity contribution in [2.45, 2.75) is 63.3 Å². The van der Waals surface area contributed by atoms with E-state index in [0.29, 0.717) is 30.5 Å². The van der Waals surface area contributed by atoms with Gasteiger partial charge in [0.05, 0.1) is 5.69 Å². The molecule has 0 bridgehead atoms. The van der Waals surface area contributed by atoms with Gasteiger partial charge in [-0.2, -0.15) is 10.1 Å². The fourth-order valence-electron chi connectivity index (χ4n) is 3.17. The minimum Gasteiger partial charge on any atom is -0.367 e. The van der Waals surface area contributed by atoms with Gasteiger partial charge in [-0.1, -0.05) is 0 Å². The lowest BCUT2D eigenvalue weighted by Gasteiger charge is -2.29. The molecular weight excluding hydrogens is 312 g/mol. The SMILES string of the molecule is Cc1cc(NC2CCC(F)(F)CC2)nc(-n2ccc(C3CC3)n2)n1. The first-order valence-corrected chi connectivity index (χ1v) is 8.54. The largest absolute Gasteiger partial charge is 0.367 e. The number of halogens is 2. The quantitative estimate of drug-likeness (QED) is 0.924. The summed E-state index contributed by atoms with van der Waals surface area (Å²) in [7, 11) is 0. The average Bonchev–Trinajstić information content (AvgIpc) is 3.26. The van der Waals surface area contributed by atoms with Gasteiger partial charge in [-0.15, -0.1) is 0 Å². The number of nitrogens with one attached hydrogen (secondary N) is 1. The number of alkyl halides is 2. The first kappa shape index (κ1) is 15.5. The number of aryl methyl sites for hydroxylation is 1. The van der Waals surface area contributed by atoms with Crippen LogP contribution >= 0.6 is 0 Å². The van der Waals surface area contributed by atoms with E-state index in [1.807, 2.05) is 25.3 Å². The van der Waals surface area contributed by atoms with E-state index in [1.165, 1.54) is 12.8 Å². The van der Waals surface area contributed by atoms with Crippen molar-refractivity contribution >= 4 is 5.82 Å². The van der Waals surface area contributed by atoms with Crippen molar-refractivity contribution in [1.82, 2.24) is 19.7 Å². The average molecular weight is 333 g/mol. The highest BCUT2D eigenvalue weighted by atomic mass is 19.3. The van der Waals surface area contributed by atoms with Crippen molar-refractivity contribution in [2.75, 3.05) is 5.32 Å². The Labute approximate surface area is 139 Å². The van der Waals surface area contributed by atoms with Gasteiger partial charge >= 0.3 is 0 Å². The van der Waals surface area contributed by atoms with Gasteiger partial charge in [0.1, 0.15) is 5.82 Å². The van der Waals surface area contributed by atoms with Gasteiger partial charge in [-0.05, 0) is 38.7 Å². The number of hydrogen-bond donors (Lipinski definition) is 1.